The van der Waals surface area contributed by atoms with Crippen molar-refractivity contribution in [2.45, 2.75) is 13.8 Å². The molecule has 2 nitrogen and oxygen atoms in total. The van der Waals surface area contributed by atoms with Gasteiger partial charge in [-0.1, -0.05) is 230 Å². The van der Waals surface area contributed by atoms with Gasteiger partial charge in [0.15, 0.2) is 0 Å². The summed E-state index contributed by atoms with van der Waals surface area (Å²) in [6.07, 6.45) is 0. The van der Waals surface area contributed by atoms with E-state index >= 15 is 0 Å². The predicted octanol–water partition coefficient (Wildman–Crippen LogP) is 20.4. The van der Waals surface area contributed by atoms with E-state index in [-0.39, 0.29) is 0 Å². The number of nitrogens with zero attached hydrogens (tertiary/aromatic N) is 2. The van der Waals surface area contributed by atoms with Gasteiger partial charge in [0.1, 0.15) is 0 Å². The van der Waals surface area contributed by atoms with Crippen LogP contribution in [0.3, 0.4) is 0 Å². The number of hydrogen-bond donors (Lipinski definition) is 0. The lowest BCUT2D eigenvalue weighted by Crippen LogP contribution is -2.10. The molecule has 0 saturated carbocycles. The Morgan fingerprint density at radius 1 is 0.203 bits per heavy atom. The zero-order valence-corrected chi connectivity index (χ0v) is 41.6. The lowest BCUT2D eigenvalue weighted by molar-refractivity contribution is 1.28. The van der Waals surface area contributed by atoms with Gasteiger partial charge in [0.25, 0.3) is 0 Å². The van der Waals surface area contributed by atoms with Crippen LogP contribution in [-0.4, -0.2) is 0 Å². The average molecular weight is 947 g/mol. The Labute approximate surface area is 435 Å². The van der Waals surface area contributed by atoms with Gasteiger partial charge in [0, 0.05) is 34.1 Å². The van der Waals surface area contributed by atoms with Crippen LogP contribution in [0.4, 0.5) is 34.1 Å². The lowest BCUT2D eigenvalue weighted by Gasteiger charge is -2.27. The number of anilines is 6. The summed E-state index contributed by atoms with van der Waals surface area (Å²) in [7, 11) is 0. The van der Waals surface area contributed by atoms with E-state index in [1.807, 2.05) is 0 Å². The maximum Gasteiger partial charge on any atom is 0.0462 e. The van der Waals surface area contributed by atoms with E-state index in [0.29, 0.717) is 0 Å². The SMILES string of the molecule is Cc1cc(C)cc(-c2ccc(-c3ccc(N(c4ccc(-c5ccc(N(c6ccc(-c7ccccc7)cc6)c6ccc(-c7ccccc7)cc6)cc5)cc4)c4ccc(-c5cccc6ccccc56)cc4)cc3)cc2)c1. The summed E-state index contributed by atoms with van der Waals surface area (Å²) in [5, 5.41) is 2.49. The van der Waals surface area contributed by atoms with Gasteiger partial charge in [-0.3, -0.25) is 0 Å². The molecule has 0 unspecified atom stereocenters. The van der Waals surface area contributed by atoms with Crippen LogP contribution in [0.25, 0.3) is 77.5 Å². The Morgan fingerprint density at radius 3 is 0.838 bits per heavy atom. The first-order valence-corrected chi connectivity index (χ1v) is 25.5. The second-order valence-electron chi connectivity index (χ2n) is 19.2. The van der Waals surface area contributed by atoms with Crippen molar-refractivity contribution in [2.75, 3.05) is 9.80 Å². The van der Waals surface area contributed by atoms with Crippen LogP contribution in [0.1, 0.15) is 11.1 Å². The molecule has 0 aromatic heterocycles. The topological polar surface area (TPSA) is 6.48 Å². The first-order chi connectivity index (χ1) is 36.5. The van der Waals surface area contributed by atoms with Crippen LogP contribution in [0.5, 0.6) is 0 Å². The highest BCUT2D eigenvalue weighted by atomic mass is 15.1. The van der Waals surface area contributed by atoms with Gasteiger partial charge in [-0.25, -0.2) is 0 Å². The summed E-state index contributed by atoms with van der Waals surface area (Å²) in [6, 6.07) is 106. The molecular weight excluding hydrogens is 893 g/mol. The molecule has 12 aromatic rings. The highest BCUT2D eigenvalue weighted by Crippen LogP contribution is 2.41. The summed E-state index contributed by atoms with van der Waals surface area (Å²) in [4.78, 5) is 4.70. The maximum absolute atomic E-state index is 2.36. The van der Waals surface area contributed by atoms with Gasteiger partial charge in [0.05, 0.1) is 0 Å². The van der Waals surface area contributed by atoms with Gasteiger partial charge < -0.3 is 9.80 Å². The van der Waals surface area contributed by atoms with Crippen molar-refractivity contribution in [3.63, 3.8) is 0 Å². The average Bonchev–Trinajstić information content (AvgIpc) is 3.46. The third-order valence-corrected chi connectivity index (χ3v) is 14.2. The fraction of sp³-hybridized carbons (Fsp3) is 0.0278. The Kier molecular flexibility index (Phi) is 12.5. The largest absolute Gasteiger partial charge is 0.311 e. The molecule has 12 aromatic carbocycles. The minimum absolute atomic E-state index is 1.08. The Bertz CT molecular complexity index is 3720. The van der Waals surface area contributed by atoms with E-state index < -0.39 is 0 Å². The Balaban J connectivity index is 0.856. The maximum atomic E-state index is 2.36. The van der Waals surface area contributed by atoms with Crippen molar-refractivity contribution in [3.8, 4) is 66.8 Å². The third kappa shape index (κ3) is 9.53. The first-order valence-electron chi connectivity index (χ1n) is 25.5. The standard InChI is InChI=1S/C72H54N2/c1-51-48-52(2)50-64(49-51)61-22-20-55(21-23-61)58-28-40-68(41-29-58)74(70-46-34-63(35-47-70)72-19-11-17-62-16-9-10-18-71(62)72)69-44-32-60(33-45-69)59-30-42-67(43-31-59)73(65-36-24-56(25-37-65)53-12-5-3-6-13-53)66-38-26-57(27-39-66)54-14-7-4-8-15-54/h3-50H,1-2H3. The Morgan fingerprint density at radius 2 is 0.473 bits per heavy atom. The monoisotopic (exact) mass is 946 g/mol. The highest BCUT2D eigenvalue weighted by Gasteiger charge is 2.17. The molecule has 352 valence electrons. The summed E-state index contributed by atoms with van der Waals surface area (Å²) in [6.45, 7) is 4.33. The second-order valence-corrected chi connectivity index (χ2v) is 19.2. The van der Waals surface area contributed by atoms with Crippen LogP contribution in [0.15, 0.2) is 291 Å². The van der Waals surface area contributed by atoms with Crippen LogP contribution in [0.2, 0.25) is 0 Å². The predicted molar refractivity (Wildman–Crippen MR) is 315 cm³/mol. The molecule has 0 spiro atoms. The first kappa shape index (κ1) is 45.6. The molecule has 74 heavy (non-hydrogen) atoms. The third-order valence-electron chi connectivity index (χ3n) is 14.2. The number of aryl methyl sites for hydroxylation is 2. The van der Waals surface area contributed by atoms with E-state index in [1.54, 1.807) is 0 Å². The van der Waals surface area contributed by atoms with Crippen LogP contribution in [-0.2, 0) is 0 Å². The normalized spacial score (nSPS) is 11.1. The molecule has 0 N–H and O–H groups in total. The smallest absolute Gasteiger partial charge is 0.0462 e. The summed E-state index contributed by atoms with van der Waals surface area (Å²) in [5.41, 5.74) is 23.5. The van der Waals surface area contributed by atoms with Gasteiger partial charge >= 0.3 is 0 Å². The zero-order valence-electron chi connectivity index (χ0n) is 41.6. The van der Waals surface area contributed by atoms with Crippen molar-refractivity contribution in [1.82, 2.24) is 0 Å². The lowest BCUT2D eigenvalue weighted by atomic mass is 9.97. The minimum Gasteiger partial charge on any atom is -0.311 e. The van der Waals surface area contributed by atoms with Gasteiger partial charge in [0.2, 0.25) is 0 Å². The summed E-state index contributed by atoms with van der Waals surface area (Å²) in [5.74, 6) is 0. The van der Waals surface area contributed by atoms with Crippen molar-refractivity contribution >= 4 is 44.9 Å². The van der Waals surface area contributed by atoms with Crippen LogP contribution in [0, 0.1) is 13.8 Å². The van der Waals surface area contributed by atoms with Crippen LogP contribution >= 0.6 is 0 Å². The zero-order chi connectivity index (χ0) is 49.8. The molecule has 0 aliphatic rings. The molecule has 2 heteroatoms. The molecule has 0 aliphatic carbocycles. The minimum atomic E-state index is 1.08. The van der Waals surface area contributed by atoms with Crippen molar-refractivity contribution in [3.05, 3.63) is 302 Å². The van der Waals surface area contributed by atoms with E-state index in [9.17, 15) is 0 Å². The Hall–Kier alpha value is -9.50. The number of benzene rings is 12. The molecule has 0 aliphatic heterocycles. The fourth-order valence-corrected chi connectivity index (χ4v) is 10.4. The fourth-order valence-electron chi connectivity index (χ4n) is 10.4. The van der Waals surface area contributed by atoms with E-state index in [0.717, 1.165) is 45.3 Å². The molecular formula is C72H54N2. The summed E-state index contributed by atoms with van der Waals surface area (Å²) < 4.78 is 0. The quantitative estimate of drug-likeness (QED) is 0.120. The number of fused-ring (bicyclic) bond motifs is 1. The second kappa shape index (κ2) is 20.3. The van der Waals surface area contributed by atoms with E-state index in [1.165, 1.54) is 77.5 Å². The molecule has 0 amide bonds. The van der Waals surface area contributed by atoms with Gasteiger partial charge in [-0.15, -0.1) is 0 Å². The molecule has 0 saturated heterocycles. The van der Waals surface area contributed by atoms with Crippen molar-refractivity contribution in [1.29, 1.82) is 0 Å². The molecule has 0 radical (unpaired) electrons. The van der Waals surface area contributed by atoms with Crippen LogP contribution < -0.4 is 9.80 Å². The van der Waals surface area contributed by atoms with E-state index in [2.05, 4.69) is 315 Å². The number of rotatable bonds is 12. The molecule has 0 bridgehead atoms. The highest BCUT2D eigenvalue weighted by molar-refractivity contribution is 5.97. The van der Waals surface area contributed by atoms with Crippen molar-refractivity contribution < 1.29 is 0 Å². The molecule has 0 heterocycles. The molecule has 0 fully saturated rings. The van der Waals surface area contributed by atoms with E-state index in [4.69, 9.17) is 0 Å². The number of hydrogen-bond acceptors (Lipinski definition) is 2. The summed E-state index contributed by atoms with van der Waals surface area (Å²) >= 11 is 0. The molecule has 0 atom stereocenters. The van der Waals surface area contributed by atoms with Crippen molar-refractivity contribution in [2.24, 2.45) is 0 Å². The van der Waals surface area contributed by atoms with Gasteiger partial charge in [-0.2, -0.15) is 0 Å². The van der Waals surface area contributed by atoms with Gasteiger partial charge in [-0.05, 0) is 164 Å². The molecule has 12 rings (SSSR count).